The summed E-state index contributed by atoms with van der Waals surface area (Å²) in [5, 5.41) is 1.69. The van der Waals surface area contributed by atoms with Crippen LogP contribution in [0.3, 0.4) is 0 Å². The second kappa shape index (κ2) is 7.01. The molecule has 3 atom stereocenters. The molecule has 2 heterocycles. The normalized spacial score (nSPS) is 24.8. The van der Waals surface area contributed by atoms with Gasteiger partial charge in [-0.2, -0.15) is 0 Å². The zero-order chi connectivity index (χ0) is 20.0. The maximum absolute atomic E-state index is 13.2. The summed E-state index contributed by atoms with van der Waals surface area (Å²) >= 11 is 6.47. The van der Waals surface area contributed by atoms with E-state index in [1.165, 1.54) is 0 Å². The van der Waals surface area contributed by atoms with E-state index in [0.29, 0.717) is 30.2 Å². The molecule has 5 rings (SSSR count). The Hall–Kier alpha value is -2.63. The number of benzene rings is 2. The fraction of sp³-hybridized carbons (Fsp3) is 0.304. The number of ether oxygens (including phenoxy) is 1. The first-order valence-corrected chi connectivity index (χ1v) is 10.3. The molecule has 6 heteroatoms. The number of para-hydroxylation sites is 1. The first-order valence-electron chi connectivity index (χ1n) is 9.95. The molecule has 2 aliphatic rings. The first-order chi connectivity index (χ1) is 14.1. The van der Waals surface area contributed by atoms with E-state index in [-0.39, 0.29) is 5.78 Å². The van der Waals surface area contributed by atoms with Crippen LogP contribution in [-0.2, 0) is 21.5 Å². The molecular formula is C23H22ClN3O2. The van der Waals surface area contributed by atoms with Gasteiger partial charge in [0.05, 0.1) is 6.04 Å². The zero-order valence-electron chi connectivity index (χ0n) is 15.9. The first kappa shape index (κ1) is 18.4. The number of hydrogen-bond donors (Lipinski definition) is 2. The van der Waals surface area contributed by atoms with Crippen LogP contribution < -0.4 is 5.73 Å². The molecule has 148 valence electrons. The average Bonchev–Trinajstić information content (AvgIpc) is 3.11. The van der Waals surface area contributed by atoms with Gasteiger partial charge in [0, 0.05) is 27.7 Å². The lowest BCUT2D eigenvalue weighted by atomic mass is 9.73. The minimum atomic E-state index is -0.993. The number of nitrogens with two attached hydrogens (primary N) is 1. The molecule has 1 aromatic heterocycles. The highest BCUT2D eigenvalue weighted by atomic mass is 35.5. The van der Waals surface area contributed by atoms with Crippen molar-refractivity contribution in [3.63, 3.8) is 0 Å². The number of nitrogens with one attached hydrogen (secondary N) is 1. The van der Waals surface area contributed by atoms with Crippen molar-refractivity contribution in [1.82, 2.24) is 4.98 Å². The molecule has 0 saturated heterocycles. The quantitative estimate of drug-likeness (QED) is 0.682. The van der Waals surface area contributed by atoms with Crippen LogP contribution in [0.4, 0.5) is 0 Å². The molecule has 2 aromatic carbocycles. The van der Waals surface area contributed by atoms with E-state index in [9.17, 15) is 4.79 Å². The van der Waals surface area contributed by atoms with Gasteiger partial charge in [-0.15, -0.1) is 0 Å². The second-order valence-electron chi connectivity index (χ2n) is 7.82. The number of rotatable bonds is 4. The van der Waals surface area contributed by atoms with Crippen molar-refractivity contribution < 1.29 is 9.53 Å². The van der Waals surface area contributed by atoms with Crippen LogP contribution >= 0.6 is 11.6 Å². The Morgan fingerprint density at radius 1 is 1.24 bits per heavy atom. The van der Waals surface area contributed by atoms with Gasteiger partial charge in [-0.1, -0.05) is 48.0 Å². The van der Waals surface area contributed by atoms with Crippen molar-refractivity contribution in [1.29, 1.82) is 0 Å². The molecule has 1 saturated carbocycles. The number of fused-ring (bicyclic) bond motifs is 3. The molecule has 0 radical (unpaired) electrons. The van der Waals surface area contributed by atoms with Gasteiger partial charge in [0.2, 0.25) is 11.7 Å². The van der Waals surface area contributed by atoms with Crippen LogP contribution in [0.5, 0.6) is 0 Å². The summed E-state index contributed by atoms with van der Waals surface area (Å²) in [7, 11) is 0. The Morgan fingerprint density at radius 2 is 2.03 bits per heavy atom. The lowest BCUT2D eigenvalue weighted by molar-refractivity contribution is -0.137. The van der Waals surface area contributed by atoms with Crippen molar-refractivity contribution in [3.8, 4) is 0 Å². The number of carbonyl (C=O) groups excluding carboxylic acids is 1. The number of aromatic nitrogens is 1. The number of aromatic amines is 1. The van der Waals surface area contributed by atoms with Gasteiger partial charge in [0.25, 0.3) is 0 Å². The topological polar surface area (TPSA) is 80.5 Å². The molecule has 1 unspecified atom stereocenters. The van der Waals surface area contributed by atoms with Crippen molar-refractivity contribution in [2.75, 3.05) is 0 Å². The Kier molecular flexibility index (Phi) is 4.45. The highest BCUT2D eigenvalue weighted by molar-refractivity contribution is 6.32. The van der Waals surface area contributed by atoms with Crippen molar-refractivity contribution >= 4 is 34.2 Å². The summed E-state index contributed by atoms with van der Waals surface area (Å²) in [5.41, 5.74) is 8.47. The van der Waals surface area contributed by atoms with Crippen LogP contribution in [0, 0.1) is 0 Å². The zero-order valence-corrected chi connectivity index (χ0v) is 16.7. The van der Waals surface area contributed by atoms with Gasteiger partial charge >= 0.3 is 0 Å². The highest BCUT2D eigenvalue weighted by Crippen LogP contribution is 2.44. The molecule has 3 aromatic rings. The number of aliphatic imine (C=N–C) groups is 1. The summed E-state index contributed by atoms with van der Waals surface area (Å²) in [6, 6.07) is 15.1. The van der Waals surface area contributed by atoms with Crippen LogP contribution in [0.1, 0.15) is 30.4 Å². The summed E-state index contributed by atoms with van der Waals surface area (Å²) < 4.78 is 6.00. The molecule has 29 heavy (non-hydrogen) atoms. The fourth-order valence-corrected chi connectivity index (χ4v) is 4.86. The number of halogens is 1. The highest BCUT2D eigenvalue weighted by Gasteiger charge is 2.52. The molecule has 0 spiro atoms. The predicted octanol–water partition coefficient (Wildman–Crippen LogP) is 4.14. The van der Waals surface area contributed by atoms with Crippen LogP contribution in [-0.4, -0.2) is 28.8 Å². The predicted molar refractivity (Wildman–Crippen MR) is 114 cm³/mol. The minimum absolute atomic E-state index is 0.0140. The van der Waals surface area contributed by atoms with Gasteiger partial charge in [-0.05, 0) is 43.4 Å². The van der Waals surface area contributed by atoms with Crippen molar-refractivity contribution in [3.05, 3.63) is 70.9 Å². The van der Waals surface area contributed by atoms with Crippen molar-refractivity contribution in [2.45, 2.75) is 43.4 Å². The van der Waals surface area contributed by atoms with E-state index < -0.39 is 17.7 Å². The van der Waals surface area contributed by atoms with E-state index >= 15 is 0 Å². The number of hydrogen-bond acceptors (Lipinski definition) is 4. The SMILES string of the molecule is NC(Cc1c[nH]c2ccccc12)C1=N[C@@]2(c3ccccc3Cl)CCC[C@@H](O1)C2=O. The molecular weight excluding hydrogens is 386 g/mol. The molecule has 1 aliphatic carbocycles. The average molecular weight is 408 g/mol. The Labute approximate surface area is 173 Å². The lowest BCUT2D eigenvalue weighted by Crippen LogP contribution is -2.54. The van der Waals surface area contributed by atoms with Crippen LogP contribution in [0.25, 0.3) is 10.9 Å². The molecule has 5 nitrogen and oxygen atoms in total. The lowest BCUT2D eigenvalue weighted by Gasteiger charge is -2.42. The van der Waals surface area contributed by atoms with E-state index in [4.69, 9.17) is 27.1 Å². The van der Waals surface area contributed by atoms with E-state index in [0.717, 1.165) is 28.5 Å². The van der Waals surface area contributed by atoms with Crippen LogP contribution in [0.2, 0.25) is 5.02 Å². The van der Waals surface area contributed by atoms with Crippen molar-refractivity contribution in [2.24, 2.45) is 10.7 Å². The summed E-state index contributed by atoms with van der Waals surface area (Å²) in [6.45, 7) is 0. The largest absolute Gasteiger partial charge is 0.468 e. The third kappa shape index (κ3) is 2.96. The van der Waals surface area contributed by atoms with E-state index in [1.54, 1.807) is 6.07 Å². The molecule has 1 aliphatic heterocycles. The Balaban J connectivity index is 1.53. The van der Waals surface area contributed by atoms with Gasteiger partial charge in [-0.3, -0.25) is 4.79 Å². The Morgan fingerprint density at radius 3 is 2.90 bits per heavy atom. The van der Waals surface area contributed by atoms with E-state index in [1.807, 2.05) is 42.6 Å². The maximum Gasteiger partial charge on any atom is 0.205 e. The standard InChI is InChI=1S/C23H22ClN3O2/c24-17-8-3-2-7-16(17)23-11-5-10-20(21(23)28)29-22(27-23)18(25)12-14-13-26-19-9-4-1-6-15(14)19/h1-4,6-9,13,18,20,26H,5,10-12,25H2/t18?,20-,23-/m1/s1. The number of nitrogens with zero attached hydrogens (tertiary/aromatic N) is 1. The summed E-state index contributed by atoms with van der Waals surface area (Å²) in [5.74, 6) is 0.430. The third-order valence-electron chi connectivity index (χ3n) is 6.02. The minimum Gasteiger partial charge on any atom is -0.468 e. The second-order valence-corrected chi connectivity index (χ2v) is 8.23. The van der Waals surface area contributed by atoms with Gasteiger partial charge in [0.1, 0.15) is 0 Å². The number of carbonyl (C=O) groups is 1. The number of ketones is 1. The van der Waals surface area contributed by atoms with Crippen LogP contribution in [0.15, 0.2) is 59.7 Å². The molecule has 3 N–H and O–H groups in total. The Bertz CT molecular complexity index is 1120. The maximum atomic E-state index is 13.2. The van der Waals surface area contributed by atoms with E-state index in [2.05, 4.69) is 11.1 Å². The smallest absolute Gasteiger partial charge is 0.205 e. The third-order valence-corrected chi connectivity index (χ3v) is 6.35. The number of Topliss-reactive ketones (excluding diaryl/α,β-unsaturated/α-hetero) is 1. The van der Waals surface area contributed by atoms with Gasteiger partial charge in [0.15, 0.2) is 11.6 Å². The summed E-state index contributed by atoms with van der Waals surface area (Å²) in [4.78, 5) is 21.3. The molecule has 2 bridgehead atoms. The molecule has 1 fully saturated rings. The summed E-state index contributed by atoms with van der Waals surface area (Å²) in [6.07, 6.45) is 4.20. The number of H-pyrrole nitrogens is 1. The monoisotopic (exact) mass is 407 g/mol. The van der Waals surface area contributed by atoms with Gasteiger partial charge in [-0.25, -0.2) is 4.99 Å². The fourth-order valence-electron chi connectivity index (χ4n) is 4.57. The molecule has 0 amide bonds. The van der Waals surface area contributed by atoms with Gasteiger partial charge < -0.3 is 15.5 Å².